The lowest BCUT2D eigenvalue weighted by Crippen LogP contribution is -2.46. The van der Waals surface area contributed by atoms with E-state index in [4.69, 9.17) is 9.47 Å². The molecular weight excluding hydrogens is 642 g/mol. The summed E-state index contributed by atoms with van der Waals surface area (Å²) in [7, 11) is 0. The first-order chi connectivity index (χ1) is 24.4. The van der Waals surface area contributed by atoms with Crippen molar-refractivity contribution in [3.05, 3.63) is 113 Å². The number of rotatable bonds is 12. The molecule has 13 heteroatoms. The van der Waals surface area contributed by atoms with E-state index in [1.165, 1.54) is 18.5 Å². The largest absolute Gasteiger partial charge is 0.493 e. The van der Waals surface area contributed by atoms with Gasteiger partial charge in [0, 0.05) is 55.1 Å². The van der Waals surface area contributed by atoms with Crippen molar-refractivity contribution in [1.29, 1.82) is 0 Å². The summed E-state index contributed by atoms with van der Waals surface area (Å²) in [5, 5.41) is 8.55. The summed E-state index contributed by atoms with van der Waals surface area (Å²) >= 11 is 0. The molecule has 262 valence electrons. The van der Waals surface area contributed by atoms with E-state index in [1.807, 2.05) is 24.3 Å². The van der Waals surface area contributed by atoms with Crippen molar-refractivity contribution in [3.63, 3.8) is 0 Å². The average Bonchev–Trinajstić information content (AvgIpc) is 3.90. The Morgan fingerprint density at radius 3 is 2.16 bits per heavy atom. The van der Waals surface area contributed by atoms with Gasteiger partial charge in [-0.25, -0.2) is 32.5 Å². The Morgan fingerprint density at radius 2 is 1.54 bits per heavy atom. The van der Waals surface area contributed by atoms with Crippen LogP contribution in [0, 0.1) is 17.6 Å². The maximum Gasteiger partial charge on any atom is 0.350 e. The molecule has 2 aliphatic heterocycles. The van der Waals surface area contributed by atoms with Gasteiger partial charge in [0.05, 0.1) is 31.5 Å². The van der Waals surface area contributed by atoms with Gasteiger partial charge in [-0.15, -0.1) is 0 Å². The lowest BCUT2D eigenvalue weighted by Gasteiger charge is -2.37. The summed E-state index contributed by atoms with van der Waals surface area (Å²) in [5.74, 6) is -0.527. The van der Waals surface area contributed by atoms with Gasteiger partial charge < -0.3 is 19.3 Å². The van der Waals surface area contributed by atoms with Crippen LogP contribution in [0.3, 0.4) is 0 Å². The van der Waals surface area contributed by atoms with Crippen molar-refractivity contribution >= 4 is 11.4 Å². The van der Waals surface area contributed by atoms with Crippen LogP contribution in [0.1, 0.15) is 44.7 Å². The van der Waals surface area contributed by atoms with Crippen LogP contribution in [-0.2, 0) is 16.9 Å². The molecule has 0 N–H and O–H groups in total. The van der Waals surface area contributed by atoms with Gasteiger partial charge >= 0.3 is 5.69 Å². The summed E-state index contributed by atoms with van der Waals surface area (Å²) in [6, 6.07) is 19.9. The van der Waals surface area contributed by atoms with E-state index in [0.717, 1.165) is 67.9 Å². The highest BCUT2D eigenvalue weighted by Crippen LogP contribution is 2.42. The molecule has 2 atom stereocenters. The number of ether oxygens (including phenoxy) is 2. The quantitative estimate of drug-likeness (QED) is 0.168. The molecule has 2 aromatic heterocycles. The van der Waals surface area contributed by atoms with E-state index in [9.17, 15) is 13.6 Å². The van der Waals surface area contributed by atoms with Crippen molar-refractivity contribution < 1.29 is 18.3 Å². The maximum atomic E-state index is 15.0. The minimum atomic E-state index is -1.01. The van der Waals surface area contributed by atoms with Crippen molar-refractivity contribution in [2.45, 2.75) is 51.3 Å². The van der Waals surface area contributed by atoms with E-state index >= 15 is 0 Å². The summed E-state index contributed by atoms with van der Waals surface area (Å²) < 4.78 is 45.9. The molecule has 50 heavy (non-hydrogen) atoms. The number of aromatic nitrogens is 6. The highest BCUT2D eigenvalue weighted by Gasteiger charge is 2.44. The van der Waals surface area contributed by atoms with Gasteiger partial charge in [-0.05, 0) is 73.9 Å². The molecule has 0 bridgehead atoms. The SMILES string of the molecule is CCC(CC)n1ncn(-c2ccc(N3CCN(c4ccc(OC[C@H]5COC(Cn6cncn6)(c6ccc(F)cc6F)C5)cc4)CC3)cc2)c1=O. The molecule has 5 aromatic rings. The number of piperazine rings is 1. The zero-order valence-electron chi connectivity index (χ0n) is 28.4. The smallest absolute Gasteiger partial charge is 0.350 e. The predicted molar refractivity (Wildman–Crippen MR) is 186 cm³/mol. The van der Waals surface area contributed by atoms with Gasteiger partial charge in [-0.2, -0.15) is 10.2 Å². The van der Waals surface area contributed by atoms with Gasteiger partial charge in [-0.3, -0.25) is 0 Å². The maximum absolute atomic E-state index is 15.0. The third-order valence-corrected chi connectivity index (χ3v) is 9.96. The Hall–Kier alpha value is -5.04. The first-order valence-corrected chi connectivity index (χ1v) is 17.3. The standard InChI is InChI=1S/C37H42F2N8O3/c1-3-29(4-2)47-36(48)46(26-42-47)32-8-6-30(7-9-32)43-15-17-44(18-16-43)31-10-12-33(13-11-31)49-21-27-20-37(50-22-27,23-45-25-40-24-41-45)34-14-5-28(38)19-35(34)39/h5-14,19,24-27,29H,3-4,15-18,20-23H2,1-2H3/t27-,37?/m0/s1. The molecule has 0 saturated carbocycles. The summed E-state index contributed by atoms with van der Waals surface area (Å²) in [4.78, 5) is 21.7. The van der Waals surface area contributed by atoms with E-state index in [2.05, 4.69) is 63.1 Å². The van der Waals surface area contributed by atoms with Crippen molar-refractivity contribution in [1.82, 2.24) is 29.1 Å². The lowest BCUT2D eigenvalue weighted by atomic mass is 9.87. The normalized spacial score (nSPS) is 19.4. The van der Waals surface area contributed by atoms with Crippen LogP contribution in [0.25, 0.3) is 5.69 Å². The number of hydrogen-bond acceptors (Lipinski definition) is 8. The Morgan fingerprint density at radius 1 is 0.880 bits per heavy atom. The van der Waals surface area contributed by atoms with Crippen LogP contribution in [0.4, 0.5) is 20.2 Å². The molecule has 0 radical (unpaired) electrons. The van der Waals surface area contributed by atoms with Gasteiger partial charge in [0.1, 0.15) is 42.0 Å². The molecule has 0 spiro atoms. The zero-order chi connectivity index (χ0) is 34.7. The van der Waals surface area contributed by atoms with Crippen LogP contribution in [0.15, 0.2) is 90.5 Å². The van der Waals surface area contributed by atoms with E-state index < -0.39 is 17.2 Å². The highest BCUT2D eigenvalue weighted by atomic mass is 19.1. The monoisotopic (exact) mass is 684 g/mol. The van der Waals surface area contributed by atoms with Gasteiger partial charge in [0.15, 0.2) is 0 Å². The molecule has 0 aliphatic carbocycles. The molecule has 2 aliphatic rings. The molecule has 2 fully saturated rings. The summed E-state index contributed by atoms with van der Waals surface area (Å²) in [5.41, 5.74) is 2.25. The van der Waals surface area contributed by atoms with Crippen molar-refractivity contribution in [3.8, 4) is 11.4 Å². The molecule has 3 aromatic carbocycles. The lowest BCUT2D eigenvalue weighted by molar-refractivity contribution is -0.0206. The number of hydrogen-bond donors (Lipinski definition) is 0. The van der Waals surface area contributed by atoms with Crippen LogP contribution >= 0.6 is 0 Å². The highest BCUT2D eigenvalue weighted by molar-refractivity contribution is 5.54. The third-order valence-electron chi connectivity index (χ3n) is 9.96. The fraction of sp³-hybridized carbons (Fsp3) is 0.405. The summed E-state index contributed by atoms with van der Waals surface area (Å²) in [6.45, 7) is 8.66. The molecule has 2 saturated heterocycles. The second-order valence-electron chi connectivity index (χ2n) is 13.1. The molecule has 7 rings (SSSR count). The van der Waals surface area contributed by atoms with Gasteiger partial charge in [-0.1, -0.05) is 19.9 Å². The van der Waals surface area contributed by atoms with Crippen LogP contribution in [0.2, 0.25) is 0 Å². The van der Waals surface area contributed by atoms with Gasteiger partial charge in [0.25, 0.3) is 0 Å². The van der Waals surface area contributed by atoms with E-state index in [-0.39, 0.29) is 24.2 Å². The Balaban J connectivity index is 0.924. The molecule has 11 nitrogen and oxygen atoms in total. The van der Waals surface area contributed by atoms with Crippen LogP contribution in [0.5, 0.6) is 5.75 Å². The van der Waals surface area contributed by atoms with Crippen molar-refractivity contribution in [2.24, 2.45) is 5.92 Å². The number of halogens is 2. The Bertz CT molecular complexity index is 1920. The average molecular weight is 685 g/mol. The minimum Gasteiger partial charge on any atom is -0.493 e. The predicted octanol–water partition coefficient (Wildman–Crippen LogP) is 5.60. The molecular formula is C37H42F2N8O3. The third kappa shape index (κ3) is 6.87. The molecule has 4 heterocycles. The van der Waals surface area contributed by atoms with Crippen LogP contribution in [-0.4, -0.2) is 68.5 Å². The van der Waals surface area contributed by atoms with Crippen LogP contribution < -0.4 is 20.2 Å². The van der Waals surface area contributed by atoms with E-state index in [0.29, 0.717) is 25.2 Å². The second-order valence-corrected chi connectivity index (χ2v) is 13.1. The molecule has 0 amide bonds. The zero-order valence-corrected chi connectivity index (χ0v) is 28.4. The number of anilines is 2. The first kappa shape index (κ1) is 33.5. The topological polar surface area (TPSA) is 95.5 Å². The second kappa shape index (κ2) is 14.4. The number of nitrogens with zero attached hydrogens (tertiary/aromatic N) is 8. The molecule has 1 unspecified atom stereocenters. The van der Waals surface area contributed by atoms with E-state index in [1.54, 1.807) is 26.6 Å². The van der Waals surface area contributed by atoms with Crippen molar-refractivity contribution in [2.75, 3.05) is 49.2 Å². The Kier molecular flexibility index (Phi) is 9.66. The Labute approximate surface area is 289 Å². The van der Waals surface area contributed by atoms with Gasteiger partial charge in [0.2, 0.25) is 0 Å². The number of benzene rings is 3. The first-order valence-electron chi connectivity index (χ1n) is 17.3. The minimum absolute atomic E-state index is 0.00191. The summed E-state index contributed by atoms with van der Waals surface area (Å²) in [6.07, 6.45) is 6.81. The fourth-order valence-electron chi connectivity index (χ4n) is 7.18. The fourth-order valence-corrected chi connectivity index (χ4v) is 7.18.